The first-order chi connectivity index (χ1) is 8.92. The average Bonchev–Trinajstić information content (AvgIpc) is 2.28. The van der Waals surface area contributed by atoms with E-state index in [-0.39, 0.29) is 12.1 Å². The molecule has 0 fully saturated rings. The first-order valence-electron chi connectivity index (χ1n) is 6.72. The highest BCUT2D eigenvalue weighted by molar-refractivity contribution is 7.51. The Balaban J connectivity index is 3.11. The smallest absolute Gasteiger partial charge is 0.326 e. The quantitative estimate of drug-likeness (QED) is 0.153. The standard InChI is InChI=1S/C11H27N4O3P/c12-11(13)15-8-6-4-2-1-3-5-7-14-9-10-19(16,17)18/h14H,1-10H2,(H4,12,13,15)(H2,16,17,18). The molecule has 0 radical (unpaired) electrons. The molecule has 0 aromatic carbocycles. The Kier molecular flexibility index (Phi) is 10.9. The Morgan fingerprint density at radius 3 is 2.16 bits per heavy atom. The second-order valence-corrected chi connectivity index (χ2v) is 6.34. The van der Waals surface area contributed by atoms with Gasteiger partial charge in [0.2, 0.25) is 0 Å². The Morgan fingerprint density at radius 2 is 1.58 bits per heavy atom. The van der Waals surface area contributed by atoms with Crippen molar-refractivity contribution < 1.29 is 14.4 Å². The number of hydrogen-bond acceptors (Lipinski definition) is 3. The number of nitrogens with one attached hydrogen (secondary N) is 1. The van der Waals surface area contributed by atoms with Gasteiger partial charge in [-0.15, -0.1) is 0 Å². The summed E-state index contributed by atoms with van der Waals surface area (Å²) in [5.74, 6) is 0.154. The third-order valence-electron chi connectivity index (χ3n) is 2.64. The fourth-order valence-electron chi connectivity index (χ4n) is 1.63. The van der Waals surface area contributed by atoms with Gasteiger partial charge in [0.1, 0.15) is 0 Å². The van der Waals surface area contributed by atoms with Crippen LogP contribution in [0.2, 0.25) is 0 Å². The van der Waals surface area contributed by atoms with Crippen LogP contribution in [0.5, 0.6) is 0 Å². The van der Waals surface area contributed by atoms with Crippen LogP contribution in [0.3, 0.4) is 0 Å². The molecule has 0 bridgehead atoms. The topological polar surface area (TPSA) is 134 Å². The van der Waals surface area contributed by atoms with Crippen molar-refractivity contribution in [2.45, 2.75) is 38.5 Å². The minimum absolute atomic E-state index is 0.0855. The zero-order valence-electron chi connectivity index (χ0n) is 11.4. The molecule has 0 rings (SSSR count). The molecule has 0 aromatic rings. The van der Waals surface area contributed by atoms with Crippen LogP contribution in [0.15, 0.2) is 4.99 Å². The molecule has 0 unspecified atom stereocenters. The van der Waals surface area contributed by atoms with Crippen molar-refractivity contribution in [1.29, 1.82) is 0 Å². The van der Waals surface area contributed by atoms with Crippen LogP contribution in [-0.4, -0.2) is 41.5 Å². The second kappa shape index (κ2) is 11.2. The van der Waals surface area contributed by atoms with Crippen LogP contribution in [0.1, 0.15) is 38.5 Å². The van der Waals surface area contributed by atoms with E-state index in [4.69, 9.17) is 21.3 Å². The SMILES string of the molecule is NC(N)=NCCCCCCCCNCCP(=O)(O)O. The van der Waals surface area contributed by atoms with Gasteiger partial charge in [0.05, 0.1) is 6.16 Å². The van der Waals surface area contributed by atoms with Crippen molar-refractivity contribution in [3.63, 3.8) is 0 Å². The van der Waals surface area contributed by atoms with Gasteiger partial charge in [-0.05, 0) is 19.4 Å². The van der Waals surface area contributed by atoms with Crippen molar-refractivity contribution in [2.75, 3.05) is 25.8 Å². The third kappa shape index (κ3) is 17.4. The molecule has 0 saturated carbocycles. The highest BCUT2D eigenvalue weighted by Gasteiger charge is 2.10. The summed E-state index contributed by atoms with van der Waals surface area (Å²) in [5.41, 5.74) is 10.4. The molecule has 7 nitrogen and oxygen atoms in total. The number of nitrogens with zero attached hydrogens (tertiary/aromatic N) is 1. The highest BCUT2D eigenvalue weighted by atomic mass is 31.2. The lowest BCUT2D eigenvalue weighted by Gasteiger charge is -2.06. The molecular formula is C11H27N4O3P. The average molecular weight is 294 g/mol. The Labute approximate surface area is 115 Å². The van der Waals surface area contributed by atoms with E-state index in [1.807, 2.05) is 0 Å². The first-order valence-corrected chi connectivity index (χ1v) is 8.52. The molecule has 7 N–H and O–H groups in total. The molecule has 0 aliphatic rings. The molecule has 0 atom stereocenters. The molecule has 0 aliphatic carbocycles. The van der Waals surface area contributed by atoms with Crippen molar-refractivity contribution >= 4 is 13.6 Å². The molecular weight excluding hydrogens is 267 g/mol. The van der Waals surface area contributed by atoms with E-state index in [0.717, 1.165) is 32.2 Å². The van der Waals surface area contributed by atoms with Gasteiger partial charge in [0.15, 0.2) is 5.96 Å². The monoisotopic (exact) mass is 294 g/mol. The van der Waals surface area contributed by atoms with E-state index in [1.54, 1.807) is 0 Å². The molecule has 0 aliphatic heterocycles. The first kappa shape index (κ1) is 18.4. The summed E-state index contributed by atoms with van der Waals surface area (Å²) in [7, 11) is -3.84. The lowest BCUT2D eigenvalue weighted by molar-refractivity contribution is 0.371. The minimum Gasteiger partial charge on any atom is -0.370 e. The van der Waals surface area contributed by atoms with Gasteiger partial charge in [-0.2, -0.15) is 0 Å². The summed E-state index contributed by atoms with van der Waals surface area (Å²) in [6, 6.07) is 0. The second-order valence-electron chi connectivity index (χ2n) is 4.57. The molecule has 0 spiro atoms. The number of unbranched alkanes of at least 4 members (excludes halogenated alkanes) is 5. The largest absolute Gasteiger partial charge is 0.370 e. The lowest BCUT2D eigenvalue weighted by Crippen LogP contribution is -2.22. The maximum Gasteiger partial charge on any atom is 0.326 e. The van der Waals surface area contributed by atoms with Crippen molar-refractivity contribution in [3.8, 4) is 0 Å². The van der Waals surface area contributed by atoms with E-state index in [2.05, 4.69) is 10.3 Å². The van der Waals surface area contributed by atoms with E-state index >= 15 is 0 Å². The number of nitrogens with two attached hydrogens (primary N) is 2. The van der Waals surface area contributed by atoms with E-state index in [1.165, 1.54) is 12.8 Å². The molecule has 0 saturated heterocycles. The predicted octanol–water partition coefficient (Wildman–Crippen LogP) is 0.368. The zero-order valence-corrected chi connectivity index (χ0v) is 12.3. The highest BCUT2D eigenvalue weighted by Crippen LogP contribution is 2.32. The normalized spacial score (nSPS) is 11.5. The summed E-state index contributed by atoms with van der Waals surface area (Å²) in [6.07, 6.45) is 6.56. The van der Waals surface area contributed by atoms with Gasteiger partial charge < -0.3 is 26.6 Å². The van der Waals surface area contributed by atoms with Crippen LogP contribution in [0.25, 0.3) is 0 Å². The van der Waals surface area contributed by atoms with Gasteiger partial charge >= 0.3 is 7.60 Å². The van der Waals surface area contributed by atoms with Crippen molar-refractivity contribution in [1.82, 2.24) is 5.32 Å². The van der Waals surface area contributed by atoms with Gasteiger partial charge in [0, 0.05) is 13.1 Å². The van der Waals surface area contributed by atoms with Crippen LogP contribution in [0.4, 0.5) is 0 Å². The Morgan fingerprint density at radius 1 is 1.00 bits per heavy atom. The van der Waals surface area contributed by atoms with Gasteiger partial charge in [-0.3, -0.25) is 9.56 Å². The summed E-state index contributed by atoms with van der Waals surface area (Å²) in [5, 5.41) is 3.03. The van der Waals surface area contributed by atoms with Crippen LogP contribution in [-0.2, 0) is 4.57 Å². The Bertz CT molecular complexity index is 290. The maximum absolute atomic E-state index is 10.6. The molecule has 114 valence electrons. The number of rotatable bonds is 12. The number of hydrogen-bond donors (Lipinski definition) is 5. The molecule has 19 heavy (non-hydrogen) atoms. The van der Waals surface area contributed by atoms with Crippen LogP contribution >= 0.6 is 7.60 Å². The number of aliphatic imine (C=N–C) groups is 1. The Hall–Kier alpha value is -0.620. The predicted molar refractivity (Wildman–Crippen MR) is 78.2 cm³/mol. The molecule has 8 heteroatoms. The summed E-state index contributed by atoms with van der Waals surface area (Å²) < 4.78 is 10.6. The third-order valence-corrected chi connectivity index (χ3v) is 3.44. The van der Waals surface area contributed by atoms with Crippen molar-refractivity contribution in [3.05, 3.63) is 0 Å². The lowest BCUT2D eigenvalue weighted by atomic mass is 10.1. The number of guanidine groups is 1. The van der Waals surface area contributed by atoms with Gasteiger partial charge in [-0.25, -0.2) is 0 Å². The minimum atomic E-state index is -3.84. The van der Waals surface area contributed by atoms with E-state index in [0.29, 0.717) is 13.1 Å². The molecule has 0 aromatic heterocycles. The van der Waals surface area contributed by atoms with E-state index in [9.17, 15) is 4.57 Å². The fraction of sp³-hybridized carbons (Fsp3) is 0.909. The van der Waals surface area contributed by atoms with Gasteiger partial charge in [0.25, 0.3) is 0 Å². The summed E-state index contributed by atoms with van der Waals surface area (Å²) in [6.45, 7) is 1.89. The summed E-state index contributed by atoms with van der Waals surface area (Å²) in [4.78, 5) is 21.2. The van der Waals surface area contributed by atoms with Gasteiger partial charge in [-0.1, -0.05) is 25.7 Å². The maximum atomic E-state index is 10.6. The summed E-state index contributed by atoms with van der Waals surface area (Å²) >= 11 is 0. The van der Waals surface area contributed by atoms with E-state index < -0.39 is 7.60 Å². The molecule has 0 heterocycles. The molecule has 0 amide bonds. The zero-order chi connectivity index (χ0) is 14.6. The van der Waals surface area contributed by atoms with Crippen LogP contribution < -0.4 is 16.8 Å². The van der Waals surface area contributed by atoms with Crippen molar-refractivity contribution in [2.24, 2.45) is 16.5 Å². The van der Waals surface area contributed by atoms with Crippen LogP contribution in [0, 0.1) is 0 Å². The fourth-order valence-corrected chi connectivity index (χ4v) is 2.08.